The zero-order chi connectivity index (χ0) is 14.4. The third kappa shape index (κ3) is 2.56. The number of nitrogens with zero attached hydrogens (tertiary/aromatic N) is 1. The van der Waals surface area contributed by atoms with Crippen molar-refractivity contribution in [2.75, 3.05) is 0 Å². The summed E-state index contributed by atoms with van der Waals surface area (Å²) >= 11 is 0. The van der Waals surface area contributed by atoms with Crippen molar-refractivity contribution in [1.82, 2.24) is 9.55 Å². The van der Waals surface area contributed by atoms with Crippen molar-refractivity contribution in [3.05, 3.63) is 39.5 Å². The van der Waals surface area contributed by atoms with E-state index < -0.39 is 41.4 Å². The molecule has 1 aliphatic heterocycles. The number of alkyl halides is 3. The molecule has 2 N–H and O–H groups in total. The molecule has 2 heterocycles. The number of nitrogens with one attached hydrogen (secondary N) is 1. The van der Waals surface area contributed by atoms with Crippen LogP contribution in [0.5, 0.6) is 0 Å². The third-order valence-electron chi connectivity index (χ3n) is 2.79. The average molecular weight is 279 g/mol. The van der Waals surface area contributed by atoms with Crippen molar-refractivity contribution >= 4 is 0 Å². The minimum Gasteiger partial charge on any atom is -0.390 e. The predicted molar refractivity (Wildman–Crippen MR) is 56.2 cm³/mol. The number of H-pyrrole nitrogens is 1. The Morgan fingerprint density at radius 2 is 2.11 bits per heavy atom. The molecule has 1 radical (unpaired) electrons. The highest BCUT2D eigenvalue weighted by atomic mass is 19.4. The van der Waals surface area contributed by atoms with Gasteiger partial charge in [0.25, 0.3) is 5.56 Å². The predicted octanol–water partition coefficient (Wildman–Crippen LogP) is 0.0379. The molecular weight excluding hydrogens is 269 g/mol. The molecule has 19 heavy (non-hydrogen) atoms. The zero-order valence-electron chi connectivity index (χ0n) is 9.48. The number of aliphatic hydroxyl groups excluding tert-OH is 1. The molecule has 1 saturated heterocycles. The molecule has 0 unspecified atom stereocenters. The first kappa shape index (κ1) is 13.8. The number of halogens is 3. The number of aliphatic hydroxyl groups is 1. The van der Waals surface area contributed by atoms with E-state index in [9.17, 15) is 27.9 Å². The van der Waals surface area contributed by atoms with Crippen LogP contribution >= 0.6 is 0 Å². The highest BCUT2D eigenvalue weighted by Gasteiger charge is 2.37. The lowest BCUT2D eigenvalue weighted by molar-refractivity contribution is -0.139. The van der Waals surface area contributed by atoms with Gasteiger partial charge in [-0.2, -0.15) is 13.2 Å². The van der Waals surface area contributed by atoms with E-state index >= 15 is 0 Å². The van der Waals surface area contributed by atoms with Crippen molar-refractivity contribution in [2.45, 2.75) is 31.0 Å². The minimum absolute atomic E-state index is 0.0859. The molecule has 3 atom stereocenters. The Hall–Kier alpha value is -1.61. The van der Waals surface area contributed by atoms with E-state index in [0.717, 1.165) is 0 Å². The van der Waals surface area contributed by atoms with Gasteiger partial charge in [-0.05, 0) is 6.92 Å². The highest BCUT2D eigenvalue weighted by molar-refractivity contribution is 5.09. The van der Waals surface area contributed by atoms with E-state index in [0.29, 0.717) is 10.8 Å². The molecule has 9 heteroatoms. The van der Waals surface area contributed by atoms with Crippen LogP contribution in [0.15, 0.2) is 15.8 Å². The number of ether oxygens (including phenoxy) is 1. The summed E-state index contributed by atoms with van der Waals surface area (Å²) in [6.45, 7) is 3.43. The zero-order valence-corrected chi connectivity index (χ0v) is 9.48. The molecule has 0 aliphatic carbocycles. The van der Waals surface area contributed by atoms with E-state index in [4.69, 9.17) is 4.74 Å². The molecule has 0 saturated carbocycles. The Morgan fingerprint density at radius 1 is 1.47 bits per heavy atom. The van der Waals surface area contributed by atoms with Gasteiger partial charge in [0.2, 0.25) is 0 Å². The Balaban J connectivity index is 2.48. The highest BCUT2D eigenvalue weighted by Crippen LogP contribution is 2.29. The second-order valence-electron chi connectivity index (χ2n) is 4.14. The maximum absolute atomic E-state index is 12.6. The molecule has 0 spiro atoms. The van der Waals surface area contributed by atoms with Gasteiger partial charge in [-0.15, -0.1) is 0 Å². The van der Waals surface area contributed by atoms with Crippen LogP contribution in [0.2, 0.25) is 0 Å². The van der Waals surface area contributed by atoms with Crippen LogP contribution in [0.1, 0.15) is 18.2 Å². The number of hydrogen-bond donors (Lipinski definition) is 2. The molecule has 1 aromatic rings. The van der Waals surface area contributed by atoms with Crippen molar-refractivity contribution in [3.8, 4) is 0 Å². The maximum atomic E-state index is 12.6. The van der Waals surface area contributed by atoms with E-state index in [1.54, 1.807) is 4.98 Å². The summed E-state index contributed by atoms with van der Waals surface area (Å²) in [6, 6.07) is 0. The summed E-state index contributed by atoms with van der Waals surface area (Å²) in [5.41, 5.74) is -4.06. The van der Waals surface area contributed by atoms with Crippen molar-refractivity contribution in [3.63, 3.8) is 0 Å². The molecule has 105 valence electrons. The van der Waals surface area contributed by atoms with Gasteiger partial charge in [-0.25, -0.2) is 4.79 Å². The average Bonchev–Trinajstić information content (AvgIpc) is 2.57. The van der Waals surface area contributed by atoms with Crippen molar-refractivity contribution in [2.24, 2.45) is 0 Å². The Labute approximate surface area is 104 Å². The van der Waals surface area contributed by atoms with Gasteiger partial charge < -0.3 is 9.84 Å². The van der Waals surface area contributed by atoms with Crippen LogP contribution < -0.4 is 11.2 Å². The lowest BCUT2D eigenvalue weighted by Gasteiger charge is -2.15. The molecular formula is C10H10F3N2O4. The summed E-state index contributed by atoms with van der Waals surface area (Å²) in [5.74, 6) is 0. The van der Waals surface area contributed by atoms with Crippen LogP contribution in [-0.4, -0.2) is 26.9 Å². The molecule has 1 aromatic heterocycles. The van der Waals surface area contributed by atoms with Crippen LogP contribution in [0, 0.1) is 6.92 Å². The van der Waals surface area contributed by atoms with Gasteiger partial charge in [0.1, 0.15) is 11.8 Å². The summed E-state index contributed by atoms with van der Waals surface area (Å²) in [5, 5.41) is 9.41. The maximum Gasteiger partial charge on any atom is 0.423 e. The quantitative estimate of drug-likeness (QED) is 0.760. The summed E-state index contributed by atoms with van der Waals surface area (Å²) in [7, 11) is 0. The Bertz CT molecular complexity index is 582. The first-order valence-corrected chi connectivity index (χ1v) is 5.29. The SMILES string of the molecule is [CH2][C@H]1O[C@@H](n2cc(C(F)(F)F)c(=O)[nH]c2=O)C[C@H]1O. The van der Waals surface area contributed by atoms with Crippen LogP contribution in [0.4, 0.5) is 13.2 Å². The Morgan fingerprint density at radius 3 is 2.58 bits per heavy atom. The monoisotopic (exact) mass is 279 g/mol. The van der Waals surface area contributed by atoms with Crippen LogP contribution in [0.3, 0.4) is 0 Å². The van der Waals surface area contributed by atoms with Gasteiger partial charge >= 0.3 is 11.9 Å². The summed E-state index contributed by atoms with van der Waals surface area (Å²) in [4.78, 5) is 24.1. The number of rotatable bonds is 1. The second-order valence-corrected chi connectivity index (χ2v) is 4.14. The number of aromatic amines is 1. The molecule has 0 bridgehead atoms. The van der Waals surface area contributed by atoms with Gasteiger partial charge in [-0.1, -0.05) is 0 Å². The second kappa shape index (κ2) is 4.49. The molecule has 2 rings (SSSR count). The lowest BCUT2D eigenvalue weighted by Crippen LogP contribution is -2.36. The lowest BCUT2D eigenvalue weighted by atomic mass is 10.2. The van der Waals surface area contributed by atoms with Crippen LogP contribution in [-0.2, 0) is 10.9 Å². The molecule has 1 aliphatic rings. The largest absolute Gasteiger partial charge is 0.423 e. The number of aromatic nitrogens is 2. The fourth-order valence-electron chi connectivity index (χ4n) is 1.79. The normalized spacial score (nSPS) is 27.7. The van der Waals surface area contributed by atoms with Gasteiger partial charge in [-0.3, -0.25) is 14.3 Å². The first-order valence-electron chi connectivity index (χ1n) is 5.29. The summed E-state index contributed by atoms with van der Waals surface area (Å²) in [6.07, 6.45) is -7.52. The number of hydrogen-bond acceptors (Lipinski definition) is 4. The Kier molecular flexibility index (Phi) is 3.27. The van der Waals surface area contributed by atoms with E-state index in [1.165, 1.54) is 0 Å². The fraction of sp³-hybridized carbons (Fsp3) is 0.500. The van der Waals surface area contributed by atoms with Gasteiger partial charge in [0.15, 0.2) is 0 Å². The fourth-order valence-corrected chi connectivity index (χ4v) is 1.79. The van der Waals surface area contributed by atoms with Crippen molar-refractivity contribution in [1.29, 1.82) is 0 Å². The smallest absolute Gasteiger partial charge is 0.390 e. The minimum atomic E-state index is -4.88. The topological polar surface area (TPSA) is 84.3 Å². The van der Waals surface area contributed by atoms with Gasteiger partial charge in [0.05, 0.1) is 12.2 Å². The van der Waals surface area contributed by atoms with E-state index in [2.05, 4.69) is 6.92 Å². The van der Waals surface area contributed by atoms with Gasteiger partial charge in [0, 0.05) is 12.6 Å². The van der Waals surface area contributed by atoms with Crippen molar-refractivity contribution < 1.29 is 23.0 Å². The summed E-state index contributed by atoms with van der Waals surface area (Å²) < 4.78 is 43.3. The molecule has 1 fully saturated rings. The molecule has 0 aromatic carbocycles. The third-order valence-corrected chi connectivity index (χ3v) is 2.79. The standard InChI is InChI=1S/C10H10F3N2O4/c1-4-6(16)2-7(19-4)15-3-5(10(11,12)13)8(17)14-9(15)18/h3-4,6-7,16H,1-2H2,(H,14,17,18)/t4-,6-,7-/m1/s1. The molecule has 0 amide bonds. The molecule has 6 nitrogen and oxygen atoms in total. The first-order chi connectivity index (χ1) is 8.70. The van der Waals surface area contributed by atoms with Crippen LogP contribution in [0.25, 0.3) is 0 Å². The van der Waals surface area contributed by atoms with E-state index in [-0.39, 0.29) is 6.42 Å². The van der Waals surface area contributed by atoms with E-state index in [1.807, 2.05) is 0 Å².